The fraction of sp³-hybridized carbons (Fsp3) is 0.579. The van der Waals surface area contributed by atoms with Crippen LogP contribution in [-0.4, -0.2) is 42.4 Å². The highest BCUT2D eigenvalue weighted by Gasteiger charge is 2.27. The summed E-state index contributed by atoms with van der Waals surface area (Å²) in [6.45, 7) is 6.53. The van der Waals surface area contributed by atoms with Crippen LogP contribution in [0.4, 0.5) is 5.69 Å². The van der Waals surface area contributed by atoms with Crippen molar-refractivity contribution in [1.29, 1.82) is 0 Å². The molecule has 2 saturated heterocycles. The normalized spacial score (nSPS) is 23.0. The smallest absolute Gasteiger partial charge is 0.256 e. The first-order valence-corrected chi connectivity index (χ1v) is 8.99. The number of nitrogens with zero attached hydrogens (tertiary/aromatic N) is 1. The number of amides is 2. The highest BCUT2D eigenvalue weighted by atomic mass is 35.5. The molecule has 2 fully saturated rings. The number of halogens is 1. The highest BCUT2D eigenvalue weighted by Crippen LogP contribution is 2.25. The van der Waals surface area contributed by atoms with Gasteiger partial charge in [-0.1, -0.05) is 12.1 Å². The third kappa shape index (κ3) is 4.53. The maximum atomic E-state index is 12.9. The lowest BCUT2D eigenvalue weighted by atomic mass is 9.92. The maximum absolute atomic E-state index is 12.9. The lowest BCUT2D eigenvalue weighted by molar-refractivity contribution is -0.120. The van der Waals surface area contributed by atoms with E-state index in [1.807, 2.05) is 30.0 Å². The molecule has 2 heterocycles. The van der Waals surface area contributed by atoms with E-state index in [0.29, 0.717) is 17.3 Å². The topological polar surface area (TPSA) is 61.4 Å². The first-order valence-electron chi connectivity index (χ1n) is 8.99. The maximum Gasteiger partial charge on any atom is 0.256 e. The van der Waals surface area contributed by atoms with E-state index in [2.05, 4.69) is 17.6 Å². The highest BCUT2D eigenvalue weighted by molar-refractivity contribution is 6.05. The summed E-state index contributed by atoms with van der Waals surface area (Å²) in [5.74, 6) is 0.0838. The molecular weight excluding hydrogens is 338 g/mol. The Morgan fingerprint density at radius 1 is 1.24 bits per heavy atom. The van der Waals surface area contributed by atoms with Gasteiger partial charge in [-0.2, -0.15) is 0 Å². The van der Waals surface area contributed by atoms with Crippen molar-refractivity contribution >= 4 is 29.9 Å². The summed E-state index contributed by atoms with van der Waals surface area (Å²) in [7, 11) is 0. The van der Waals surface area contributed by atoms with Crippen LogP contribution in [0.1, 0.15) is 48.5 Å². The number of nitrogens with one attached hydrogen (secondary N) is 2. The summed E-state index contributed by atoms with van der Waals surface area (Å²) in [6.07, 6.45) is 3.81. The summed E-state index contributed by atoms with van der Waals surface area (Å²) in [4.78, 5) is 27.4. The molecule has 2 atom stereocenters. The van der Waals surface area contributed by atoms with Gasteiger partial charge in [0.25, 0.3) is 5.91 Å². The molecule has 0 aromatic heterocycles. The lowest BCUT2D eigenvalue weighted by Gasteiger charge is -2.27. The molecule has 0 unspecified atom stereocenters. The van der Waals surface area contributed by atoms with Gasteiger partial charge in [0.05, 0.1) is 11.3 Å². The van der Waals surface area contributed by atoms with Crippen molar-refractivity contribution < 1.29 is 9.59 Å². The molecule has 1 aromatic rings. The van der Waals surface area contributed by atoms with Gasteiger partial charge in [0.15, 0.2) is 0 Å². The fourth-order valence-corrected chi connectivity index (χ4v) is 3.74. The lowest BCUT2D eigenvalue weighted by Crippen LogP contribution is -2.40. The second-order valence-electron chi connectivity index (χ2n) is 7.06. The zero-order valence-electron chi connectivity index (χ0n) is 15.0. The van der Waals surface area contributed by atoms with Gasteiger partial charge in [0.2, 0.25) is 5.91 Å². The molecular formula is C19H28ClN3O2. The third-order valence-corrected chi connectivity index (χ3v) is 5.13. The molecule has 0 radical (unpaired) electrons. The summed E-state index contributed by atoms with van der Waals surface area (Å²) < 4.78 is 0. The summed E-state index contributed by atoms with van der Waals surface area (Å²) in [5.41, 5.74) is 2.22. The van der Waals surface area contributed by atoms with Crippen molar-refractivity contribution in [2.24, 2.45) is 5.92 Å². The Kier molecular flexibility index (Phi) is 6.85. The van der Waals surface area contributed by atoms with Crippen LogP contribution in [-0.2, 0) is 4.79 Å². The van der Waals surface area contributed by atoms with Gasteiger partial charge in [0, 0.05) is 25.0 Å². The number of benzene rings is 1. The number of anilines is 1. The predicted octanol–water partition coefficient (Wildman–Crippen LogP) is 2.98. The van der Waals surface area contributed by atoms with Crippen LogP contribution in [0.25, 0.3) is 0 Å². The SMILES string of the molecule is Cc1cccc(NC(=O)[C@H]2CCN[C@@H](C)C2)c1C(=O)N1CCCC1.Cl. The Morgan fingerprint density at radius 3 is 2.64 bits per heavy atom. The van der Waals surface area contributed by atoms with Gasteiger partial charge in [-0.25, -0.2) is 0 Å². The molecule has 138 valence electrons. The summed E-state index contributed by atoms with van der Waals surface area (Å²) in [5, 5.41) is 6.40. The molecule has 2 aliphatic rings. The van der Waals surface area contributed by atoms with Gasteiger partial charge in [-0.3, -0.25) is 9.59 Å². The number of carbonyl (C=O) groups is 2. The largest absolute Gasteiger partial charge is 0.339 e. The number of carbonyl (C=O) groups excluding carboxylic acids is 2. The Bertz CT molecular complexity index is 629. The van der Waals surface area contributed by atoms with E-state index in [9.17, 15) is 9.59 Å². The Morgan fingerprint density at radius 2 is 1.96 bits per heavy atom. The van der Waals surface area contributed by atoms with Gasteiger partial charge in [-0.05, 0) is 57.7 Å². The van der Waals surface area contributed by atoms with E-state index in [1.54, 1.807) is 0 Å². The molecule has 0 spiro atoms. The van der Waals surface area contributed by atoms with Crippen molar-refractivity contribution in [3.63, 3.8) is 0 Å². The van der Waals surface area contributed by atoms with E-state index in [0.717, 1.165) is 50.9 Å². The predicted molar refractivity (Wildman–Crippen MR) is 102 cm³/mol. The number of hydrogen-bond acceptors (Lipinski definition) is 3. The van der Waals surface area contributed by atoms with Crippen molar-refractivity contribution in [3.8, 4) is 0 Å². The Labute approximate surface area is 155 Å². The Hall–Kier alpha value is -1.59. The van der Waals surface area contributed by atoms with E-state index >= 15 is 0 Å². The fourth-order valence-electron chi connectivity index (χ4n) is 3.74. The first-order chi connectivity index (χ1) is 11.6. The quantitative estimate of drug-likeness (QED) is 0.865. The second kappa shape index (κ2) is 8.68. The minimum atomic E-state index is 0. The molecule has 3 rings (SSSR count). The molecule has 0 aliphatic carbocycles. The van der Waals surface area contributed by atoms with Crippen molar-refractivity contribution in [1.82, 2.24) is 10.2 Å². The molecule has 2 N–H and O–H groups in total. The number of piperidine rings is 1. The number of rotatable bonds is 3. The Balaban J connectivity index is 0.00000225. The molecule has 6 heteroatoms. The molecule has 0 bridgehead atoms. The molecule has 2 aliphatic heterocycles. The van der Waals surface area contributed by atoms with Crippen LogP contribution in [0.2, 0.25) is 0 Å². The van der Waals surface area contributed by atoms with E-state index in [1.165, 1.54) is 0 Å². The number of hydrogen-bond donors (Lipinski definition) is 2. The van der Waals surface area contributed by atoms with Gasteiger partial charge < -0.3 is 15.5 Å². The van der Waals surface area contributed by atoms with E-state index in [4.69, 9.17) is 0 Å². The van der Waals surface area contributed by atoms with Crippen LogP contribution in [0.15, 0.2) is 18.2 Å². The van der Waals surface area contributed by atoms with E-state index < -0.39 is 0 Å². The minimum Gasteiger partial charge on any atom is -0.339 e. The van der Waals surface area contributed by atoms with Gasteiger partial charge in [-0.15, -0.1) is 12.4 Å². The van der Waals surface area contributed by atoms with Crippen LogP contribution in [0.5, 0.6) is 0 Å². The van der Waals surface area contributed by atoms with Gasteiger partial charge in [0.1, 0.15) is 0 Å². The minimum absolute atomic E-state index is 0. The van der Waals surface area contributed by atoms with Crippen LogP contribution in [0.3, 0.4) is 0 Å². The number of likely N-dealkylation sites (tertiary alicyclic amines) is 1. The molecule has 5 nitrogen and oxygen atoms in total. The van der Waals surface area contributed by atoms with Crippen molar-refractivity contribution in [3.05, 3.63) is 29.3 Å². The molecule has 25 heavy (non-hydrogen) atoms. The molecule has 2 amide bonds. The average molecular weight is 366 g/mol. The standard InChI is InChI=1S/C19H27N3O2.ClH/c1-13-6-5-7-16(17(13)19(24)22-10-3-4-11-22)21-18(23)15-8-9-20-14(2)12-15;/h5-7,14-15,20H,3-4,8-12H2,1-2H3,(H,21,23);1H/t14-,15-;/m0./s1. The summed E-state index contributed by atoms with van der Waals surface area (Å²) in [6, 6.07) is 6.04. The monoisotopic (exact) mass is 365 g/mol. The van der Waals surface area contributed by atoms with E-state index in [-0.39, 0.29) is 30.1 Å². The first kappa shape index (κ1) is 19.7. The molecule has 0 saturated carbocycles. The molecule has 1 aromatic carbocycles. The average Bonchev–Trinajstić information content (AvgIpc) is 3.09. The number of aryl methyl sites for hydroxylation is 1. The van der Waals surface area contributed by atoms with Crippen molar-refractivity contribution in [2.45, 2.75) is 45.6 Å². The zero-order valence-corrected chi connectivity index (χ0v) is 15.8. The zero-order chi connectivity index (χ0) is 17.1. The van der Waals surface area contributed by atoms with Crippen molar-refractivity contribution in [2.75, 3.05) is 25.0 Å². The summed E-state index contributed by atoms with van der Waals surface area (Å²) >= 11 is 0. The van der Waals surface area contributed by atoms with Crippen LogP contribution < -0.4 is 10.6 Å². The third-order valence-electron chi connectivity index (χ3n) is 5.13. The van der Waals surface area contributed by atoms with Crippen LogP contribution >= 0.6 is 12.4 Å². The second-order valence-corrected chi connectivity index (χ2v) is 7.06. The van der Waals surface area contributed by atoms with Gasteiger partial charge >= 0.3 is 0 Å². The van der Waals surface area contributed by atoms with Crippen LogP contribution in [0, 0.1) is 12.8 Å².